The van der Waals surface area contributed by atoms with E-state index in [0.717, 1.165) is 24.9 Å². The maximum Gasteiger partial charge on any atom is 0.224 e. The fourth-order valence-electron chi connectivity index (χ4n) is 3.12. The zero-order valence-electron chi connectivity index (χ0n) is 17.0. The lowest BCUT2D eigenvalue weighted by Crippen LogP contribution is -2.16. The number of anilines is 1. The van der Waals surface area contributed by atoms with E-state index < -0.39 is 0 Å². The lowest BCUT2D eigenvalue weighted by atomic mass is 10.0. The van der Waals surface area contributed by atoms with Crippen LogP contribution in [0.15, 0.2) is 24.5 Å². The first-order valence-corrected chi connectivity index (χ1v) is 10.6. The number of rotatable bonds is 16. The van der Waals surface area contributed by atoms with Crippen LogP contribution in [-0.4, -0.2) is 23.8 Å². The Labute approximate surface area is 164 Å². The van der Waals surface area contributed by atoms with Crippen LogP contribution in [0, 0.1) is 0 Å². The summed E-state index contributed by atoms with van der Waals surface area (Å²) < 4.78 is 0. The maximum atomic E-state index is 11.8. The lowest BCUT2D eigenvalue weighted by molar-refractivity contribution is -0.120. The van der Waals surface area contributed by atoms with Crippen molar-refractivity contribution in [2.45, 2.75) is 89.9 Å². The van der Waals surface area contributed by atoms with Gasteiger partial charge in [-0.25, -0.2) is 0 Å². The number of unbranched alkanes of at least 4 members (excludes halogenated alkanes) is 11. The van der Waals surface area contributed by atoms with Crippen molar-refractivity contribution in [2.75, 3.05) is 12.4 Å². The van der Waals surface area contributed by atoms with Crippen molar-refractivity contribution < 1.29 is 9.59 Å². The summed E-state index contributed by atoms with van der Waals surface area (Å²) in [6.45, 7) is 0. The minimum Gasteiger partial charge on any atom is -0.359 e. The highest BCUT2D eigenvalue weighted by Crippen LogP contribution is 2.13. The van der Waals surface area contributed by atoms with Gasteiger partial charge in [-0.15, -0.1) is 0 Å². The van der Waals surface area contributed by atoms with Crippen LogP contribution < -0.4 is 10.6 Å². The third kappa shape index (κ3) is 13.9. The standard InChI is InChI=1S/C22H37N3O2/c1-23-21(26)16-12-10-8-6-4-2-3-5-7-9-11-13-17-22(27)25-20-15-14-18-24-19-20/h14-15,18-19H,2-13,16-17H2,1H3,(H,23,26)(H,25,27). The van der Waals surface area contributed by atoms with Crippen molar-refractivity contribution in [3.8, 4) is 0 Å². The van der Waals surface area contributed by atoms with Crippen LogP contribution in [0.1, 0.15) is 89.9 Å². The van der Waals surface area contributed by atoms with Gasteiger partial charge in [-0.1, -0.05) is 64.2 Å². The molecule has 0 aliphatic rings. The van der Waals surface area contributed by atoms with Crippen molar-refractivity contribution in [3.63, 3.8) is 0 Å². The van der Waals surface area contributed by atoms with Crippen LogP contribution in [0.4, 0.5) is 5.69 Å². The summed E-state index contributed by atoms with van der Waals surface area (Å²) in [6, 6.07) is 3.68. The molecule has 152 valence electrons. The Hall–Kier alpha value is -1.91. The van der Waals surface area contributed by atoms with Gasteiger partial charge in [0.1, 0.15) is 0 Å². The Kier molecular flexibility index (Phi) is 13.9. The predicted octanol–water partition coefficient (Wildman–Crippen LogP) is 5.23. The number of nitrogens with one attached hydrogen (secondary N) is 2. The monoisotopic (exact) mass is 375 g/mol. The van der Waals surface area contributed by atoms with Crippen LogP contribution in [-0.2, 0) is 9.59 Å². The molecule has 2 N–H and O–H groups in total. The first-order chi connectivity index (χ1) is 13.2. The third-order valence-corrected chi connectivity index (χ3v) is 4.78. The van der Waals surface area contributed by atoms with Crippen LogP contribution >= 0.6 is 0 Å². The molecule has 0 atom stereocenters. The quantitative estimate of drug-likeness (QED) is 0.389. The van der Waals surface area contributed by atoms with Gasteiger partial charge in [-0.05, 0) is 25.0 Å². The van der Waals surface area contributed by atoms with Gasteiger partial charge in [0.2, 0.25) is 11.8 Å². The fraction of sp³-hybridized carbons (Fsp3) is 0.682. The molecule has 0 radical (unpaired) electrons. The molecule has 0 bridgehead atoms. The highest BCUT2D eigenvalue weighted by Gasteiger charge is 2.02. The molecule has 27 heavy (non-hydrogen) atoms. The molecular weight excluding hydrogens is 338 g/mol. The highest BCUT2D eigenvalue weighted by atomic mass is 16.2. The first kappa shape index (κ1) is 23.1. The van der Waals surface area contributed by atoms with Crippen LogP contribution in [0.5, 0.6) is 0 Å². The Bertz CT molecular complexity index is 506. The molecular formula is C22H37N3O2. The number of hydrogen-bond acceptors (Lipinski definition) is 3. The van der Waals surface area contributed by atoms with Crippen molar-refractivity contribution in [1.82, 2.24) is 10.3 Å². The first-order valence-electron chi connectivity index (χ1n) is 10.6. The van der Waals surface area contributed by atoms with E-state index >= 15 is 0 Å². The summed E-state index contributed by atoms with van der Waals surface area (Å²) >= 11 is 0. The molecule has 5 nitrogen and oxygen atoms in total. The zero-order chi connectivity index (χ0) is 19.6. The van der Waals surface area contributed by atoms with Gasteiger partial charge in [-0.3, -0.25) is 14.6 Å². The van der Waals surface area contributed by atoms with Gasteiger partial charge < -0.3 is 10.6 Å². The second kappa shape index (κ2) is 16.3. The van der Waals surface area contributed by atoms with E-state index in [1.165, 1.54) is 57.8 Å². The molecule has 1 aromatic heterocycles. The second-order valence-corrected chi connectivity index (χ2v) is 7.21. The average Bonchev–Trinajstić information content (AvgIpc) is 2.68. The van der Waals surface area contributed by atoms with E-state index in [0.29, 0.717) is 12.8 Å². The van der Waals surface area contributed by atoms with E-state index in [1.54, 1.807) is 19.4 Å². The van der Waals surface area contributed by atoms with E-state index in [9.17, 15) is 9.59 Å². The number of pyridine rings is 1. The summed E-state index contributed by atoms with van der Waals surface area (Å²) in [6.07, 6.45) is 19.2. The Morgan fingerprint density at radius 2 is 1.26 bits per heavy atom. The number of amides is 2. The summed E-state index contributed by atoms with van der Waals surface area (Å²) in [5.41, 5.74) is 0.772. The molecule has 0 aliphatic heterocycles. The Morgan fingerprint density at radius 1 is 0.778 bits per heavy atom. The highest BCUT2D eigenvalue weighted by molar-refractivity contribution is 5.90. The molecule has 0 unspecified atom stereocenters. The van der Waals surface area contributed by atoms with E-state index in [4.69, 9.17) is 0 Å². The SMILES string of the molecule is CNC(=O)CCCCCCCCCCCCCCC(=O)Nc1cccnc1. The fourth-order valence-corrected chi connectivity index (χ4v) is 3.12. The van der Waals surface area contributed by atoms with Gasteiger partial charge in [-0.2, -0.15) is 0 Å². The minimum absolute atomic E-state index is 0.0818. The van der Waals surface area contributed by atoms with Gasteiger partial charge in [0.25, 0.3) is 0 Å². The van der Waals surface area contributed by atoms with E-state index in [1.807, 2.05) is 12.1 Å². The van der Waals surface area contributed by atoms with Crippen LogP contribution in [0.2, 0.25) is 0 Å². The van der Waals surface area contributed by atoms with Gasteiger partial charge in [0.05, 0.1) is 11.9 Å². The zero-order valence-corrected chi connectivity index (χ0v) is 17.0. The lowest BCUT2D eigenvalue weighted by Gasteiger charge is -2.05. The van der Waals surface area contributed by atoms with Crippen molar-refractivity contribution in [3.05, 3.63) is 24.5 Å². The summed E-state index contributed by atoms with van der Waals surface area (Å²) in [5, 5.41) is 5.54. The summed E-state index contributed by atoms with van der Waals surface area (Å²) in [5.74, 6) is 0.238. The van der Waals surface area contributed by atoms with Gasteiger partial charge in [0.15, 0.2) is 0 Å². The van der Waals surface area contributed by atoms with Crippen LogP contribution in [0.3, 0.4) is 0 Å². The molecule has 0 aromatic carbocycles. The second-order valence-electron chi connectivity index (χ2n) is 7.21. The topological polar surface area (TPSA) is 71.1 Å². The average molecular weight is 376 g/mol. The molecule has 1 aromatic rings. The number of nitrogens with zero attached hydrogens (tertiary/aromatic N) is 1. The smallest absolute Gasteiger partial charge is 0.224 e. The van der Waals surface area contributed by atoms with Gasteiger partial charge in [0, 0.05) is 26.1 Å². The molecule has 0 fully saturated rings. The van der Waals surface area contributed by atoms with E-state index in [2.05, 4.69) is 15.6 Å². The number of carbonyl (C=O) groups is 2. The molecule has 0 aliphatic carbocycles. The van der Waals surface area contributed by atoms with Gasteiger partial charge >= 0.3 is 0 Å². The van der Waals surface area contributed by atoms with Crippen LogP contribution in [0.25, 0.3) is 0 Å². The Balaban J connectivity index is 1.79. The molecule has 0 saturated heterocycles. The maximum absolute atomic E-state index is 11.8. The third-order valence-electron chi connectivity index (χ3n) is 4.78. The normalized spacial score (nSPS) is 10.6. The largest absolute Gasteiger partial charge is 0.359 e. The number of aromatic nitrogens is 1. The summed E-state index contributed by atoms with van der Waals surface area (Å²) in [4.78, 5) is 26.9. The summed E-state index contributed by atoms with van der Waals surface area (Å²) in [7, 11) is 1.70. The molecule has 2 amide bonds. The van der Waals surface area contributed by atoms with Crippen molar-refractivity contribution >= 4 is 17.5 Å². The molecule has 0 spiro atoms. The van der Waals surface area contributed by atoms with Crippen molar-refractivity contribution in [2.24, 2.45) is 0 Å². The number of hydrogen-bond donors (Lipinski definition) is 2. The van der Waals surface area contributed by atoms with E-state index in [-0.39, 0.29) is 11.8 Å². The minimum atomic E-state index is 0.0818. The molecule has 5 heteroatoms. The molecule has 0 saturated carbocycles. The number of carbonyl (C=O) groups excluding carboxylic acids is 2. The molecule has 1 heterocycles. The van der Waals surface area contributed by atoms with Crippen molar-refractivity contribution in [1.29, 1.82) is 0 Å². The predicted molar refractivity (Wildman–Crippen MR) is 112 cm³/mol. The Morgan fingerprint density at radius 3 is 1.70 bits per heavy atom. The molecule has 1 rings (SSSR count).